The minimum atomic E-state index is -0.145. The molecule has 2 heterocycles. The van der Waals surface area contributed by atoms with Gasteiger partial charge in [-0.1, -0.05) is 30.3 Å². The van der Waals surface area contributed by atoms with Gasteiger partial charge in [-0.05, 0) is 30.3 Å². The molecule has 0 spiro atoms. The molecule has 4 aromatic rings. The lowest BCUT2D eigenvalue weighted by molar-refractivity contribution is 0.415. The van der Waals surface area contributed by atoms with Gasteiger partial charge >= 0.3 is 0 Å². The molecule has 0 unspecified atom stereocenters. The number of hydrogen-bond donors (Lipinski definition) is 0. The fourth-order valence-electron chi connectivity index (χ4n) is 2.72. The molecule has 134 valence electrons. The summed E-state index contributed by atoms with van der Waals surface area (Å²) in [4.78, 5) is 16.9. The smallest absolute Gasteiger partial charge is 0.267 e. The number of nitrogens with zero attached hydrogens (tertiary/aromatic N) is 3. The Morgan fingerprint density at radius 2 is 1.74 bits per heavy atom. The Labute approximate surface area is 160 Å². The van der Waals surface area contributed by atoms with Crippen molar-refractivity contribution in [2.24, 2.45) is 0 Å². The second kappa shape index (κ2) is 7.55. The summed E-state index contributed by atoms with van der Waals surface area (Å²) in [5, 5.41) is 7.36. The monoisotopic (exact) mass is 375 g/mol. The molecule has 0 N–H and O–H groups in total. The number of hydrogen-bond acceptors (Lipinski definition) is 5. The van der Waals surface area contributed by atoms with E-state index in [-0.39, 0.29) is 5.56 Å². The highest BCUT2D eigenvalue weighted by Gasteiger charge is 2.08. The highest BCUT2D eigenvalue weighted by atomic mass is 32.1. The minimum Gasteiger partial charge on any atom is -0.497 e. The topological polar surface area (TPSA) is 57.0 Å². The summed E-state index contributed by atoms with van der Waals surface area (Å²) in [5.74, 6) is 0.809. The van der Waals surface area contributed by atoms with Gasteiger partial charge in [-0.25, -0.2) is 9.67 Å². The third-order valence-corrected chi connectivity index (χ3v) is 5.08. The van der Waals surface area contributed by atoms with E-state index < -0.39 is 0 Å². The number of benzene rings is 2. The van der Waals surface area contributed by atoms with E-state index in [1.165, 1.54) is 4.68 Å². The molecule has 0 saturated heterocycles. The first-order chi connectivity index (χ1) is 13.2. The third kappa shape index (κ3) is 3.80. The van der Waals surface area contributed by atoms with Crippen LogP contribution < -0.4 is 10.3 Å². The molecule has 0 aliphatic carbocycles. The highest BCUT2D eigenvalue weighted by molar-refractivity contribution is 7.13. The number of aromatic nitrogens is 3. The molecule has 27 heavy (non-hydrogen) atoms. The zero-order valence-electron chi connectivity index (χ0n) is 14.7. The Kier molecular flexibility index (Phi) is 4.80. The molecule has 0 atom stereocenters. The van der Waals surface area contributed by atoms with Crippen molar-refractivity contribution in [3.63, 3.8) is 0 Å². The molecular weight excluding hydrogens is 358 g/mol. The molecule has 0 radical (unpaired) electrons. The predicted octanol–water partition coefficient (Wildman–Crippen LogP) is 4.09. The van der Waals surface area contributed by atoms with Crippen molar-refractivity contribution in [2.75, 3.05) is 7.11 Å². The van der Waals surface area contributed by atoms with E-state index in [4.69, 9.17) is 4.74 Å². The van der Waals surface area contributed by atoms with Crippen LogP contribution in [-0.2, 0) is 6.54 Å². The van der Waals surface area contributed by atoms with Gasteiger partial charge in [0, 0.05) is 22.6 Å². The minimum absolute atomic E-state index is 0.145. The fourth-order valence-corrected chi connectivity index (χ4v) is 3.54. The number of methoxy groups -OCH3 is 1. The van der Waals surface area contributed by atoms with E-state index in [1.807, 2.05) is 60.0 Å². The van der Waals surface area contributed by atoms with Crippen molar-refractivity contribution in [3.05, 3.63) is 88.2 Å². The van der Waals surface area contributed by atoms with Crippen LogP contribution in [0.25, 0.3) is 21.8 Å². The van der Waals surface area contributed by atoms with Crippen LogP contribution >= 0.6 is 11.3 Å². The lowest BCUT2D eigenvalue weighted by Crippen LogP contribution is -2.23. The van der Waals surface area contributed by atoms with Crippen molar-refractivity contribution in [1.29, 1.82) is 0 Å². The highest BCUT2D eigenvalue weighted by Crippen LogP contribution is 2.26. The zero-order valence-corrected chi connectivity index (χ0v) is 15.5. The van der Waals surface area contributed by atoms with Gasteiger partial charge in [0.2, 0.25) is 0 Å². The molecule has 0 saturated carbocycles. The lowest BCUT2D eigenvalue weighted by atomic mass is 10.1. The maximum atomic E-state index is 12.2. The first kappa shape index (κ1) is 17.2. The van der Waals surface area contributed by atoms with Gasteiger partial charge < -0.3 is 4.74 Å². The average molecular weight is 375 g/mol. The van der Waals surface area contributed by atoms with E-state index in [1.54, 1.807) is 30.6 Å². The van der Waals surface area contributed by atoms with Gasteiger partial charge in [-0.2, -0.15) is 5.10 Å². The van der Waals surface area contributed by atoms with Crippen LogP contribution in [0.3, 0.4) is 0 Å². The van der Waals surface area contributed by atoms with Gasteiger partial charge in [-0.3, -0.25) is 4.79 Å². The normalized spacial score (nSPS) is 10.7. The Hall–Kier alpha value is -3.25. The van der Waals surface area contributed by atoms with Gasteiger partial charge in [0.15, 0.2) is 0 Å². The van der Waals surface area contributed by atoms with Crippen LogP contribution in [0, 0.1) is 0 Å². The number of thiazole rings is 1. The van der Waals surface area contributed by atoms with Crippen LogP contribution in [-0.4, -0.2) is 21.9 Å². The standard InChI is InChI=1S/C21H17N3O2S/c1-26-18-9-7-16(8-10-18)21-22-17(14-27-21)13-24-20(25)12-11-19(23-24)15-5-3-2-4-6-15/h2-12,14H,13H2,1H3. The van der Waals surface area contributed by atoms with Crippen molar-refractivity contribution < 1.29 is 4.74 Å². The molecule has 0 aliphatic rings. The van der Waals surface area contributed by atoms with Crippen LogP contribution in [0.4, 0.5) is 0 Å². The van der Waals surface area contributed by atoms with Gasteiger partial charge in [-0.15, -0.1) is 11.3 Å². The van der Waals surface area contributed by atoms with Crippen LogP contribution in [0.5, 0.6) is 5.75 Å². The second-order valence-corrected chi connectivity index (χ2v) is 6.81. The summed E-state index contributed by atoms with van der Waals surface area (Å²) >= 11 is 1.55. The second-order valence-electron chi connectivity index (χ2n) is 5.95. The van der Waals surface area contributed by atoms with Crippen molar-refractivity contribution in [2.45, 2.75) is 6.54 Å². The Morgan fingerprint density at radius 1 is 0.963 bits per heavy atom. The zero-order chi connectivity index (χ0) is 18.6. The van der Waals surface area contributed by atoms with Gasteiger partial charge in [0.1, 0.15) is 10.8 Å². The average Bonchev–Trinajstić information content (AvgIpc) is 3.19. The van der Waals surface area contributed by atoms with E-state index in [9.17, 15) is 4.79 Å². The van der Waals surface area contributed by atoms with Crippen LogP contribution in [0.2, 0.25) is 0 Å². The van der Waals surface area contributed by atoms with Gasteiger partial charge in [0.05, 0.1) is 25.0 Å². The summed E-state index contributed by atoms with van der Waals surface area (Å²) in [5.41, 5.74) is 3.42. The summed E-state index contributed by atoms with van der Waals surface area (Å²) in [6, 6.07) is 20.9. The molecule has 6 heteroatoms. The molecule has 5 nitrogen and oxygen atoms in total. The molecule has 0 fully saturated rings. The first-order valence-electron chi connectivity index (χ1n) is 8.45. The molecule has 0 amide bonds. The van der Waals surface area contributed by atoms with E-state index in [0.717, 1.165) is 33.3 Å². The van der Waals surface area contributed by atoms with Crippen LogP contribution in [0.1, 0.15) is 5.69 Å². The summed E-state index contributed by atoms with van der Waals surface area (Å²) in [7, 11) is 1.64. The fraction of sp³-hybridized carbons (Fsp3) is 0.0952. The maximum Gasteiger partial charge on any atom is 0.267 e. The summed E-state index contributed by atoms with van der Waals surface area (Å²) in [6.45, 7) is 0.339. The quantitative estimate of drug-likeness (QED) is 0.527. The van der Waals surface area contributed by atoms with E-state index in [0.29, 0.717) is 6.54 Å². The van der Waals surface area contributed by atoms with Crippen molar-refractivity contribution in [3.8, 4) is 27.6 Å². The van der Waals surface area contributed by atoms with E-state index in [2.05, 4.69) is 10.1 Å². The van der Waals surface area contributed by atoms with Crippen molar-refractivity contribution in [1.82, 2.24) is 14.8 Å². The molecular formula is C21H17N3O2S. The largest absolute Gasteiger partial charge is 0.497 e. The molecule has 0 aliphatic heterocycles. The van der Waals surface area contributed by atoms with Crippen LogP contribution in [0.15, 0.2) is 76.9 Å². The SMILES string of the molecule is COc1ccc(-c2nc(Cn3nc(-c4ccccc4)ccc3=O)cs2)cc1. The summed E-state index contributed by atoms with van der Waals surface area (Å²) < 4.78 is 6.64. The molecule has 2 aromatic carbocycles. The Bertz CT molecular complexity index is 1100. The lowest BCUT2D eigenvalue weighted by Gasteiger charge is -2.05. The first-order valence-corrected chi connectivity index (χ1v) is 9.33. The van der Waals surface area contributed by atoms with Crippen molar-refractivity contribution >= 4 is 11.3 Å². The third-order valence-electron chi connectivity index (χ3n) is 4.14. The molecule has 2 aromatic heterocycles. The van der Waals surface area contributed by atoms with E-state index >= 15 is 0 Å². The number of ether oxygens (including phenoxy) is 1. The Morgan fingerprint density at radius 3 is 2.48 bits per heavy atom. The molecule has 4 rings (SSSR count). The van der Waals surface area contributed by atoms with Gasteiger partial charge in [0.25, 0.3) is 5.56 Å². The molecule has 0 bridgehead atoms. The Balaban J connectivity index is 1.59. The maximum absolute atomic E-state index is 12.2. The predicted molar refractivity (Wildman–Crippen MR) is 107 cm³/mol. The number of rotatable bonds is 5. The summed E-state index contributed by atoms with van der Waals surface area (Å²) in [6.07, 6.45) is 0.